The van der Waals surface area contributed by atoms with Gasteiger partial charge in [-0.15, -0.1) is 22.7 Å². The summed E-state index contributed by atoms with van der Waals surface area (Å²) in [6.45, 7) is -0.517. The topological polar surface area (TPSA) is 148 Å². The summed E-state index contributed by atoms with van der Waals surface area (Å²) in [7, 11) is -7.94. The molecule has 4 rings (SSSR count). The Bertz CT molecular complexity index is 1310. The van der Waals surface area contributed by atoms with Gasteiger partial charge in [0.1, 0.15) is 8.42 Å². The fourth-order valence-corrected chi connectivity index (χ4v) is 6.88. The van der Waals surface area contributed by atoms with Crippen LogP contribution in [0.3, 0.4) is 0 Å². The maximum absolute atomic E-state index is 12.6. The van der Waals surface area contributed by atoms with E-state index in [-0.39, 0.29) is 31.4 Å². The summed E-state index contributed by atoms with van der Waals surface area (Å²) < 4.78 is 60.4. The van der Waals surface area contributed by atoms with Crippen molar-refractivity contribution >= 4 is 66.0 Å². The zero-order valence-corrected chi connectivity index (χ0v) is 20.7. The van der Waals surface area contributed by atoms with Gasteiger partial charge in [-0.2, -0.15) is 0 Å². The first-order valence-electron chi connectivity index (χ1n) is 9.87. The van der Waals surface area contributed by atoms with Gasteiger partial charge in [0.2, 0.25) is 0 Å². The second kappa shape index (κ2) is 9.74. The second-order valence-corrected chi connectivity index (χ2v) is 13.0. The lowest BCUT2D eigenvalue weighted by Gasteiger charge is -2.13. The van der Waals surface area contributed by atoms with E-state index in [0.29, 0.717) is 0 Å². The molecule has 3 aromatic rings. The van der Waals surface area contributed by atoms with Crippen LogP contribution in [0.2, 0.25) is 0 Å². The van der Waals surface area contributed by atoms with E-state index in [9.17, 15) is 26.4 Å². The predicted octanol–water partition coefficient (Wildman–Crippen LogP) is 2.85. The summed E-state index contributed by atoms with van der Waals surface area (Å²) >= 11 is 1.99. The number of anilines is 2. The lowest BCUT2D eigenvalue weighted by molar-refractivity contribution is -0.124. The summed E-state index contributed by atoms with van der Waals surface area (Å²) in [5, 5.41) is 5.87. The van der Waals surface area contributed by atoms with Gasteiger partial charge in [0.05, 0.1) is 16.9 Å². The normalized spacial score (nSPS) is 13.8. The molecule has 0 radical (unpaired) electrons. The summed E-state index contributed by atoms with van der Waals surface area (Å²) in [6, 6.07) is 9.70. The van der Waals surface area contributed by atoms with E-state index in [1.165, 1.54) is 30.3 Å². The van der Waals surface area contributed by atoms with Crippen molar-refractivity contribution in [2.24, 2.45) is 0 Å². The van der Waals surface area contributed by atoms with Gasteiger partial charge in [0.25, 0.3) is 26.0 Å². The monoisotopic (exact) mass is 541 g/mol. The molecule has 2 aromatic heterocycles. The van der Waals surface area contributed by atoms with Crippen molar-refractivity contribution in [1.29, 1.82) is 0 Å². The fourth-order valence-electron chi connectivity index (χ4n) is 2.82. The molecule has 2 heterocycles. The summed E-state index contributed by atoms with van der Waals surface area (Å²) in [5.74, 6) is -1.37. The van der Waals surface area contributed by atoms with Crippen molar-refractivity contribution in [3.63, 3.8) is 0 Å². The summed E-state index contributed by atoms with van der Waals surface area (Å²) in [4.78, 5) is 24.4. The highest BCUT2D eigenvalue weighted by Crippen LogP contribution is 2.27. The smallest absolute Gasteiger partial charge is 0.338 e. The molecule has 1 aliphatic carbocycles. The highest BCUT2D eigenvalue weighted by atomic mass is 32.3. The average molecular weight is 542 g/mol. The number of hydrogen-bond acceptors (Lipinski definition) is 9. The molecule has 1 saturated carbocycles. The number of rotatable bonds is 10. The van der Waals surface area contributed by atoms with Crippen LogP contribution in [-0.4, -0.2) is 41.4 Å². The third kappa shape index (κ3) is 6.14. The molecular weight excluding hydrogens is 523 g/mol. The van der Waals surface area contributed by atoms with E-state index in [1.807, 2.05) is 0 Å². The van der Waals surface area contributed by atoms with E-state index in [4.69, 9.17) is 4.74 Å². The van der Waals surface area contributed by atoms with E-state index >= 15 is 0 Å². The van der Waals surface area contributed by atoms with Crippen LogP contribution in [-0.2, 0) is 29.6 Å². The fraction of sp³-hybridized carbons (Fsp3) is 0.200. The van der Waals surface area contributed by atoms with Crippen molar-refractivity contribution in [3.8, 4) is 0 Å². The van der Waals surface area contributed by atoms with E-state index < -0.39 is 38.5 Å². The van der Waals surface area contributed by atoms with Crippen LogP contribution >= 0.6 is 22.7 Å². The first-order valence-corrected chi connectivity index (χ1v) is 14.6. The predicted molar refractivity (Wildman–Crippen MR) is 128 cm³/mol. The Balaban J connectivity index is 1.60. The molecule has 1 fully saturated rings. The first kappa shape index (κ1) is 24.2. The molecule has 1 aromatic carbocycles. The van der Waals surface area contributed by atoms with Gasteiger partial charge in [-0.3, -0.25) is 14.2 Å². The minimum absolute atomic E-state index is 0.0398. The lowest BCUT2D eigenvalue weighted by atomic mass is 10.2. The molecule has 34 heavy (non-hydrogen) atoms. The largest absolute Gasteiger partial charge is 0.452 e. The molecule has 0 aliphatic heterocycles. The Morgan fingerprint density at radius 1 is 0.882 bits per heavy atom. The molecule has 0 atom stereocenters. The Morgan fingerprint density at radius 2 is 1.41 bits per heavy atom. The van der Waals surface area contributed by atoms with E-state index in [0.717, 1.165) is 35.5 Å². The molecule has 3 N–H and O–H groups in total. The van der Waals surface area contributed by atoms with Gasteiger partial charge in [-0.1, -0.05) is 12.1 Å². The van der Waals surface area contributed by atoms with Gasteiger partial charge in [-0.25, -0.2) is 21.6 Å². The molecule has 0 saturated heterocycles. The van der Waals surface area contributed by atoms with Crippen LogP contribution in [0.4, 0.5) is 11.4 Å². The van der Waals surface area contributed by atoms with Gasteiger partial charge >= 0.3 is 5.97 Å². The van der Waals surface area contributed by atoms with E-state index in [1.54, 1.807) is 22.9 Å². The van der Waals surface area contributed by atoms with Crippen LogP contribution in [0.1, 0.15) is 23.2 Å². The minimum atomic E-state index is -3.97. The standard InChI is InChI=1S/C20H19N3O7S4/c24-17(21-14-5-6-14)12-30-20(25)13-9-15(22-33(26,27)18-3-1-7-31-18)11-16(10-13)23-34(28,29)19-4-2-8-32-19/h1-4,7-11,14,22-23H,5-6,12H2,(H,21,24). The molecule has 1 aliphatic rings. The van der Waals surface area contributed by atoms with Gasteiger partial charge in [-0.05, 0) is 53.9 Å². The molecule has 1 amide bonds. The van der Waals surface area contributed by atoms with Crippen LogP contribution < -0.4 is 14.8 Å². The summed E-state index contributed by atoms with van der Waals surface area (Å²) in [6.07, 6.45) is 1.75. The van der Waals surface area contributed by atoms with Crippen LogP contribution in [0.5, 0.6) is 0 Å². The molecule has 10 nitrogen and oxygen atoms in total. The average Bonchev–Trinajstić information content (AvgIpc) is 3.23. The Labute approximate surface area is 204 Å². The number of nitrogens with one attached hydrogen (secondary N) is 3. The zero-order chi connectivity index (χ0) is 24.3. The van der Waals surface area contributed by atoms with Crippen LogP contribution in [0.25, 0.3) is 0 Å². The van der Waals surface area contributed by atoms with Gasteiger partial charge in [0.15, 0.2) is 6.61 Å². The van der Waals surface area contributed by atoms with Crippen molar-refractivity contribution in [2.45, 2.75) is 27.3 Å². The van der Waals surface area contributed by atoms with Crippen molar-refractivity contribution in [2.75, 3.05) is 16.1 Å². The second-order valence-electron chi connectivity index (χ2n) is 7.29. The number of carbonyl (C=O) groups is 2. The first-order chi connectivity index (χ1) is 16.1. The third-order valence-electron chi connectivity index (χ3n) is 4.47. The zero-order valence-electron chi connectivity index (χ0n) is 17.4. The number of thiophene rings is 2. The maximum atomic E-state index is 12.6. The molecular formula is C20H19N3O7S4. The molecule has 180 valence electrons. The van der Waals surface area contributed by atoms with Crippen LogP contribution in [0, 0.1) is 0 Å². The highest BCUT2D eigenvalue weighted by Gasteiger charge is 2.24. The van der Waals surface area contributed by atoms with Crippen LogP contribution in [0.15, 0.2) is 61.6 Å². The molecule has 0 unspecified atom stereocenters. The Kier molecular flexibility index (Phi) is 6.93. The molecule has 14 heteroatoms. The molecule has 0 bridgehead atoms. The maximum Gasteiger partial charge on any atom is 0.338 e. The molecule has 0 spiro atoms. The number of carbonyl (C=O) groups excluding carboxylic acids is 2. The third-order valence-corrected chi connectivity index (χ3v) is 10.0. The van der Waals surface area contributed by atoms with Crippen molar-refractivity contribution in [3.05, 3.63) is 58.8 Å². The number of ether oxygens (including phenoxy) is 1. The number of amides is 1. The van der Waals surface area contributed by atoms with E-state index in [2.05, 4.69) is 14.8 Å². The number of sulfonamides is 2. The minimum Gasteiger partial charge on any atom is -0.452 e. The Hall–Kier alpha value is -2.94. The quantitative estimate of drug-likeness (QED) is 0.334. The summed E-state index contributed by atoms with van der Waals surface area (Å²) in [5.41, 5.74) is -0.266. The van der Waals surface area contributed by atoms with Gasteiger partial charge in [0, 0.05) is 6.04 Å². The van der Waals surface area contributed by atoms with Crippen molar-refractivity contribution in [1.82, 2.24) is 5.32 Å². The van der Waals surface area contributed by atoms with Crippen molar-refractivity contribution < 1.29 is 31.2 Å². The highest BCUT2D eigenvalue weighted by molar-refractivity contribution is 7.95. The number of benzene rings is 1. The SMILES string of the molecule is O=C(COC(=O)c1cc(NS(=O)(=O)c2cccs2)cc(NS(=O)(=O)c2cccs2)c1)NC1CC1. The Morgan fingerprint density at radius 3 is 1.85 bits per heavy atom. The number of esters is 1. The van der Waals surface area contributed by atoms with Gasteiger partial charge < -0.3 is 10.1 Å². The number of hydrogen-bond donors (Lipinski definition) is 3. The lowest BCUT2D eigenvalue weighted by Crippen LogP contribution is -2.30.